The molecule has 2 rings (SSSR count). The number of aromatic nitrogens is 2. The van der Waals surface area contributed by atoms with Crippen LogP contribution in [0.25, 0.3) is 0 Å². The zero-order valence-electron chi connectivity index (χ0n) is 10.4. The van der Waals surface area contributed by atoms with Crippen molar-refractivity contribution in [2.24, 2.45) is 0 Å². The summed E-state index contributed by atoms with van der Waals surface area (Å²) < 4.78 is 26.9. The number of rotatable bonds is 4. The number of H-pyrrole nitrogens is 1. The lowest BCUT2D eigenvalue weighted by molar-refractivity contribution is 0.601. The molecule has 1 aromatic carbocycles. The third kappa shape index (κ3) is 3.00. The van der Waals surface area contributed by atoms with Gasteiger partial charge in [-0.1, -0.05) is 30.1 Å². The summed E-state index contributed by atoms with van der Waals surface area (Å²) in [5, 5.41) is 6.46. The van der Waals surface area contributed by atoms with E-state index in [9.17, 15) is 8.42 Å². The van der Waals surface area contributed by atoms with Gasteiger partial charge in [0.05, 0.1) is 10.0 Å². The molecule has 108 valence electrons. The average molecular weight is 335 g/mol. The summed E-state index contributed by atoms with van der Waals surface area (Å²) in [5.41, 5.74) is 6.63. The van der Waals surface area contributed by atoms with Gasteiger partial charge >= 0.3 is 0 Å². The summed E-state index contributed by atoms with van der Waals surface area (Å²) in [6.07, 6.45) is 0.706. The van der Waals surface area contributed by atoms with Gasteiger partial charge < -0.3 is 5.73 Å². The molecule has 0 aliphatic heterocycles. The highest BCUT2D eigenvalue weighted by Crippen LogP contribution is 2.32. The Labute approximate surface area is 126 Å². The number of aromatic amines is 1. The monoisotopic (exact) mass is 334 g/mol. The molecule has 0 aliphatic carbocycles. The van der Waals surface area contributed by atoms with Crippen LogP contribution in [0, 0.1) is 0 Å². The van der Waals surface area contributed by atoms with Crippen molar-refractivity contribution >= 4 is 44.7 Å². The van der Waals surface area contributed by atoms with Gasteiger partial charge in [-0.15, -0.1) is 0 Å². The van der Waals surface area contributed by atoms with Gasteiger partial charge in [-0.2, -0.15) is 5.10 Å². The van der Waals surface area contributed by atoms with Crippen LogP contribution in [-0.4, -0.2) is 18.6 Å². The first-order chi connectivity index (χ1) is 9.33. The predicted molar refractivity (Wildman–Crippen MR) is 79.6 cm³/mol. The molecule has 1 heterocycles. The highest BCUT2D eigenvalue weighted by Gasteiger charge is 2.23. The van der Waals surface area contributed by atoms with E-state index < -0.39 is 10.0 Å². The minimum atomic E-state index is -3.94. The molecule has 2 aromatic rings. The van der Waals surface area contributed by atoms with Crippen molar-refractivity contribution in [3.05, 3.63) is 33.9 Å². The van der Waals surface area contributed by atoms with E-state index in [1.807, 2.05) is 6.92 Å². The molecule has 0 amide bonds. The number of aryl methyl sites for hydroxylation is 1. The number of hydrogen-bond acceptors (Lipinski definition) is 4. The largest absolute Gasteiger partial charge is 0.399 e. The second-order valence-electron chi connectivity index (χ2n) is 4.05. The van der Waals surface area contributed by atoms with Crippen molar-refractivity contribution in [3.8, 4) is 0 Å². The minimum absolute atomic E-state index is 0.0475. The van der Waals surface area contributed by atoms with Crippen LogP contribution >= 0.6 is 23.2 Å². The van der Waals surface area contributed by atoms with Crippen LogP contribution in [0.2, 0.25) is 10.0 Å². The second kappa shape index (κ2) is 5.51. The number of nitrogens with zero attached hydrogens (tertiary/aromatic N) is 1. The van der Waals surface area contributed by atoms with E-state index in [1.165, 1.54) is 12.1 Å². The number of benzene rings is 1. The molecule has 0 atom stereocenters. The first kappa shape index (κ1) is 15.0. The third-order valence-electron chi connectivity index (χ3n) is 2.54. The number of nitrogens with one attached hydrogen (secondary N) is 2. The SMILES string of the molecule is CCc1cc(NS(=O)(=O)c2c(Cl)cc(N)cc2Cl)n[nH]1. The smallest absolute Gasteiger partial charge is 0.266 e. The van der Waals surface area contributed by atoms with Crippen LogP contribution in [0.1, 0.15) is 12.6 Å². The van der Waals surface area contributed by atoms with E-state index in [1.54, 1.807) is 6.07 Å². The second-order valence-corrected chi connectivity index (χ2v) is 6.48. The van der Waals surface area contributed by atoms with Gasteiger partial charge in [0.2, 0.25) is 0 Å². The predicted octanol–water partition coefficient (Wildman–Crippen LogP) is 2.66. The van der Waals surface area contributed by atoms with Gasteiger partial charge in [-0.25, -0.2) is 8.42 Å². The summed E-state index contributed by atoms with van der Waals surface area (Å²) in [4.78, 5) is -0.226. The fourth-order valence-electron chi connectivity index (χ4n) is 1.62. The highest BCUT2D eigenvalue weighted by atomic mass is 35.5. The summed E-state index contributed by atoms with van der Waals surface area (Å²) in [6, 6.07) is 4.24. The molecule has 6 nitrogen and oxygen atoms in total. The number of nitrogen functional groups attached to an aromatic ring is 1. The molecule has 0 radical (unpaired) electrons. The number of anilines is 2. The van der Waals surface area contributed by atoms with Gasteiger partial charge in [0.15, 0.2) is 5.82 Å². The Bertz CT molecular complexity index is 720. The van der Waals surface area contributed by atoms with E-state index in [0.29, 0.717) is 6.42 Å². The molecule has 0 spiro atoms. The van der Waals surface area contributed by atoms with E-state index in [0.717, 1.165) is 5.69 Å². The van der Waals surface area contributed by atoms with Crippen LogP contribution < -0.4 is 10.5 Å². The van der Waals surface area contributed by atoms with Crippen LogP contribution in [0.4, 0.5) is 11.5 Å². The number of sulfonamides is 1. The first-order valence-electron chi connectivity index (χ1n) is 5.65. The van der Waals surface area contributed by atoms with E-state index in [-0.39, 0.29) is 26.4 Å². The maximum atomic E-state index is 12.3. The zero-order valence-corrected chi connectivity index (χ0v) is 12.8. The highest BCUT2D eigenvalue weighted by molar-refractivity contribution is 7.93. The number of halogens is 2. The van der Waals surface area contributed by atoms with Crippen molar-refractivity contribution in [2.45, 2.75) is 18.2 Å². The Morgan fingerprint density at radius 3 is 2.40 bits per heavy atom. The Balaban J connectivity index is 2.40. The lowest BCUT2D eigenvalue weighted by Crippen LogP contribution is -2.14. The lowest BCUT2D eigenvalue weighted by atomic mass is 10.3. The van der Waals surface area contributed by atoms with Crippen molar-refractivity contribution < 1.29 is 8.42 Å². The molecule has 0 bridgehead atoms. The van der Waals surface area contributed by atoms with Crippen LogP contribution in [0.15, 0.2) is 23.1 Å². The lowest BCUT2D eigenvalue weighted by Gasteiger charge is -2.09. The summed E-state index contributed by atoms with van der Waals surface area (Å²) in [6.45, 7) is 1.92. The normalized spacial score (nSPS) is 11.6. The zero-order chi connectivity index (χ0) is 14.9. The fourth-order valence-corrected chi connectivity index (χ4v) is 3.85. The number of nitrogens with two attached hydrogens (primary N) is 1. The molecule has 4 N–H and O–H groups in total. The van der Waals surface area contributed by atoms with E-state index in [2.05, 4.69) is 14.9 Å². The summed E-state index contributed by atoms with van der Waals surface area (Å²) in [5.74, 6) is 0.172. The molecule has 0 fully saturated rings. The molecule has 0 saturated heterocycles. The van der Waals surface area contributed by atoms with Gasteiger partial charge in [0.25, 0.3) is 10.0 Å². The molecule has 0 saturated carbocycles. The van der Waals surface area contributed by atoms with Gasteiger partial charge in [-0.05, 0) is 18.6 Å². The van der Waals surface area contributed by atoms with Gasteiger partial charge in [-0.3, -0.25) is 9.82 Å². The van der Waals surface area contributed by atoms with Crippen molar-refractivity contribution in [2.75, 3.05) is 10.5 Å². The van der Waals surface area contributed by atoms with E-state index in [4.69, 9.17) is 28.9 Å². The maximum absolute atomic E-state index is 12.3. The van der Waals surface area contributed by atoms with Crippen molar-refractivity contribution in [3.63, 3.8) is 0 Å². The summed E-state index contributed by atoms with van der Waals surface area (Å²) in [7, 11) is -3.94. The van der Waals surface area contributed by atoms with Crippen molar-refractivity contribution in [1.29, 1.82) is 0 Å². The third-order valence-corrected chi connectivity index (χ3v) is 4.82. The maximum Gasteiger partial charge on any atom is 0.266 e. The molecule has 9 heteroatoms. The quantitative estimate of drug-likeness (QED) is 0.748. The van der Waals surface area contributed by atoms with Crippen LogP contribution in [-0.2, 0) is 16.4 Å². The molecular weight excluding hydrogens is 323 g/mol. The molecule has 20 heavy (non-hydrogen) atoms. The standard InChI is InChI=1S/C11H12Cl2N4O2S/c1-2-7-5-10(16-15-7)17-20(18,19)11-8(12)3-6(14)4-9(11)13/h3-5H,2,14H2,1H3,(H2,15,16,17). The Kier molecular flexibility index (Phi) is 4.12. The topological polar surface area (TPSA) is 101 Å². The minimum Gasteiger partial charge on any atom is -0.399 e. The molecular formula is C11H12Cl2N4O2S. The average Bonchev–Trinajstić information content (AvgIpc) is 2.73. The Morgan fingerprint density at radius 2 is 1.90 bits per heavy atom. The van der Waals surface area contributed by atoms with E-state index >= 15 is 0 Å². The Morgan fingerprint density at radius 1 is 1.30 bits per heavy atom. The molecule has 0 aliphatic rings. The first-order valence-corrected chi connectivity index (χ1v) is 7.89. The molecule has 0 unspecified atom stereocenters. The summed E-state index contributed by atoms with van der Waals surface area (Å²) >= 11 is 11.8. The fraction of sp³-hybridized carbons (Fsp3) is 0.182. The number of hydrogen-bond donors (Lipinski definition) is 3. The van der Waals surface area contributed by atoms with Crippen LogP contribution in [0.3, 0.4) is 0 Å². The van der Waals surface area contributed by atoms with Crippen LogP contribution in [0.5, 0.6) is 0 Å². The molecule has 1 aromatic heterocycles. The van der Waals surface area contributed by atoms with Crippen molar-refractivity contribution in [1.82, 2.24) is 10.2 Å². The van der Waals surface area contributed by atoms with Gasteiger partial charge in [0, 0.05) is 17.4 Å². The Hall–Kier alpha value is -1.44. The van der Waals surface area contributed by atoms with Gasteiger partial charge in [0.1, 0.15) is 4.90 Å².